The number of fused-ring (bicyclic) bond motifs is 1. The van der Waals surface area contributed by atoms with Crippen LogP contribution in [0.1, 0.15) is 17.2 Å². The number of aliphatic hydroxyl groups is 1. The molecule has 1 atom stereocenters. The van der Waals surface area contributed by atoms with Crippen molar-refractivity contribution >= 4 is 10.9 Å². The molecule has 1 heterocycles. The van der Waals surface area contributed by atoms with E-state index in [1.54, 1.807) is 24.4 Å². The van der Waals surface area contributed by atoms with Gasteiger partial charge in [0, 0.05) is 17.1 Å². The van der Waals surface area contributed by atoms with Gasteiger partial charge in [0.25, 0.3) is 0 Å². The maximum absolute atomic E-state index is 13.3. The normalized spacial score (nSPS) is 12.6. The summed E-state index contributed by atoms with van der Waals surface area (Å²) in [5.41, 5.74) is 0.862. The molecule has 1 aromatic heterocycles. The van der Waals surface area contributed by atoms with Crippen LogP contribution in [-0.2, 0) is 0 Å². The zero-order valence-electron chi connectivity index (χ0n) is 10.7. The monoisotopic (exact) mass is 289 g/mol. The summed E-state index contributed by atoms with van der Waals surface area (Å²) in [5, 5.41) is 11.1. The Balaban J connectivity index is 2.15. The summed E-state index contributed by atoms with van der Waals surface area (Å²) in [7, 11) is 0. The van der Waals surface area contributed by atoms with E-state index >= 15 is 0 Å². The van der Waals surface area contributed by atoms with Crippen LogP contribution in [0.2, 0.25) is 0 Å². The van der Waals surface area contributed by atoms with Crippen LogP contribution < -0.4 is 0 Å². The molecular formula is C16H10F3NO. The van der Waals surface area contributed by atoms with E-state index in [0.29, 0.717) is 11.1 Å². The number of para-hydroxylation sites is 1. The Morgan fingerprint density at radius 1 is 0.952 bits per heavy atom. The highest BCUT2D eigenvalue weighted by atomic mass is 19.2. The first-order valence-electron chi connectivity index (χ1n) is 6.24. The maximum Gasteiger partial charge on any atom is 0.194 e. The van der Waals surface area contributed by atoms with E-state index in [4.69, 9.17) is 0 Å². The third kappa shape index (κ3) is 2.36. The molecule has 1 N–H and O–H groups in total. The maximum atomic E-state index is 13.3. The molecule has 106 valence electrons. The molecule has 0 saturated carbocycles. The fourth-order valence-corrected chi connectivity index (χ4v) is 2.26. The number of aromatic nitrogens is 1. The van der Waals surface area contributed by atoms with Crippen LogP contribution in [0.3, 0.4) is 0 Å². The Kier molecular flexibility index (Phi) is 3.35. The van der Waals surface area contributed by atoms with Gasteiger partial charge in [0.1, 0.15) is 6.10 Å². The molecule has 0 saturated heterocycles. The topological polar surface area (TPSA) is 33.1 Å². The fourth-order valence-electron chi connectivity index (χ4n) is 2.26. The molecular weight excluding hydrogens is 279 g/mol. The Bertz CT molecular complexity index is 791. The second kappa shape index (κ2) is 5.18. The minimum atomic E-state index is -1.55. The van der Waals surface area contributed by atoms with E-state index in [-0.39, 0.29) is 5.56 Å². The largest absolute Gasteiger partial charge is 0.384 e. The van der Waals surface area contributed by atoms with Gasteiger partial charge in [-0.25, -0.2) is 13.2 Å². The smallest absolute Gasteiger partial charge is 0.194 e. The Morgan fingerprint density at radius 3 is 2.33 bits per heavy atom. The van der Waals surface area contributed by atoms with E-state index in [1.165, 1.54) is 0 Å². The minimum Gasteiger partial charge on any atom is -0.384 e. The molecule has 21 heavy (non-hydrogen) atoms. The minimum absolute atomic E-state index is 0.0652. The Hall–Kier alpha value is -2.40. The molecule has 2 aromatic carbocycles. The molecule has 3 rings (SSSR count). The first-order chi connectivity index (χ1) is 10.1. The average Bonchev–Trinajstić information content (AvgIpc) is 2.51. The lowest BCUT2D eigenvalue weighted by molar-refractivity contribution is 0.220. The van der Waals surface area contributed by atoms with Gasteiger partial charge < -0.3 is 5.11 Å². The summed E-state index contributed by atoms with van der Waals surface area (Å²) >= 11 is 0. The van der Waals surface area contributed by atoms with Crippen molar-refractivity contribution in [3.8, 4) is 0 Å². The van der Waals surface area contributed by atoms with Gasteiger partial charge in [-0.1, -0.05) is 24.3 Å². The molecule has 0 fully saturated rings. The molecule has 0 spiro atoms. The molecule has 1 unspecified atom stereocenters. The van der Waals surface area contributed by atoms with E-state index < -0.39 is 23.6 Å². The van der Waals surface area contributed by atoms with Crippen molar-refractivity contribution in [2.75, 3.05) is 0 Å². The van der Waals surface area contributed by atoms with Crippen LogP contribution in [-0.4, -0.2) is 10.1 Å². The SMILES string of the molecule is OC(c1cc(F)c(F)c(F)c1)c1cccc2cccnc12. The lowest BCUT2D eigenvalue weighted by atomic mass is 9.98. The van der Waals surface area contributed by atoms with Gasteiger partial charge in [-0.2, -0.15) is 0 Å². The molecule has 0 aliphatic carbocycles. The van der Waals surface area contributed by atoms with Gasteiger partial charge in [-0.05, 0) is 23.8 Å². The van der Waals surface area contributed by atoms with E-state index in [2.05, 4.69) is 4.98 Å². The second-order valence-corrected chi connectivity index (χ2v) is 4.62. The van der Waals surface area contributed by atoms with Gasteiger partial charge in [0.2, 0.25) is 0 Å². The van der Waals surface area contributed by atoms with Gasteiger partial charge in [-0.3, -0.25) is 4.98 Å². The highest BCUT2D eigenvalue weighted by Gasteiger charge is 2.19. The van der Waals surface area contributed by atoms with Crippen LogP contribution in [0.25, 0.3) is 10.9 Å². The fraction of sp³-hybridized carbons (Fsp3) is 0.0625. The summed E-state index contributed by atoms with van der Waals surface area (Å²) < 4.78 is 39.6. The van der Waals surface area contributed by atoms with E-state index in [9.17, 15) is 18.3 Å². The van der Waals surface area contributed by atoms with Gasteiger partial charge in [0.15, 0.2) is 17.5 Å². The number of aliphatic hydroxyl groups excluding tert-OH is 1. The molecule has 2 nitrogen and oxygen atoms in total. The molecule has 3 aromatic rings. The van der Waals surface area contributed by atoms with Crippen molar-refractivity contribution in [2.45, 2.75) is 6.10 Å². The second-order valence-electron chi connectivity index (χ2n) is 4.62. The Labute approximate surface area is 118 Å². The van der Waals surface area contributed by atoms with Crippen molar-refractivity contribution < 1.29 is 18.3 Å². The van der Waals surface area contributed by atoms with Crippen LogP contribution in [0.4, 0.5) is 13.2 Å². The Morgan fingerprint density at radius 2 is 1.62 bits per heavy atom. The van der Waals surface area contributed by atoms with Crippen molar-refractivity contribution in [2.24, 2.45) is 0 Å². The summed E-state index contributed by atoms with van der Waals surface area (Å²) in [6, 6.07) is 10.2. The molecule has 0 radical (unpaired) electrons. The predicted molar refractivity (Wildman–Crippen MR) is 72.1 cm³/mol. The first-order valence-corrected chi connectivity index (χ1v) is 6.24. The van der Waals surface area contributed by atoms with Crippen molar-refractivity contribution in [3.63, 3.8) is 0 Å². The average molecular weight is 289 g/mol. The van der Waals surface area contributed by atoms with Crippen molar-refractivity contribution in [1.29, 1.82) is 0 Å². The number of rotatable bonds is 2. The molecule has 5 heteroatoms. The van der Waals surface area contributed by atoms with Crippen molar-refractivity contribution in [3.05, 3.63) is 77.2 Å². The predicted octanol–water partition coefficient (Wildman–Crippen LogP) is 3.73. The zero-order valence-corrected chi connectivity index (χ0v) is 10.7. The number of hydrogen-bond donors (Lipinski definition) is 1. The molecule has 0 aliphatic rings. The lowest BCUT2D eigenvalue weighted by Crippen LogP contribution is -2.04. The summed E-state index contributed by atoms with van der Waals surface area (Å²) in [6.07, 6.45) is 0.262. The van der Waals surface area contributed by atoms with E-state index in [1.807, 2.05) is 12.1 Å². The number of halogens is 3. The standard InChI is InChI=1S/C16H10F3NO/c17-12-7-10(8-13(18)14(12)19)16(21)11-5-1-3-9-4-2-6-20-15(9)11/h1-8,16,21H. The highest BCUT2D eigenvalue weighted by molar-refractivity contribution is 5.82. The summed E-state index contributed by atoms with van der Waals surface area (Å²) in [4.78, 5) is 4.17. The number of hydrogen-bond acceptors (Lipinski definition) is 2. The highest BCUT2D eigenvalue weighted by Crippen LogP contribution is 2.29. The zero-order chi connectivity index (χ0) is 15.0. The molecule has 0 aliphatic heterocycles. The quantitative estimate of drug-likeness (QED) is 0.729. The third-order valence-electron chi connectivity index (χ3n) is 3.28. The molecule has 0 amide bonds. The number of benzene rings is 2. The van der Waals surface area contributed by atoms with Crippen LogP contribution >= 0.6 is 0 Å². The number of nitrogens with zero attached hydrogens (tertiary/aromatic N) is 1. The summed E-state index contributed by atoms with van der Waals surface area (Å²) in [6.45, 7) is 0. The van der Waals surface area contributed by atoms with Crippen LogP contribution in [0.5, 0.6) is 0 Å². The summed E-state index contributed by atoms with van der Waals surface area (Å²) in [5.74, 6) is -4.23. The first kappa shape index (κ1) is 13.6. The van der Waals surface area contributed by atoms with Gasteiger partial charge in [-0.15, -0.1) is 0 Å². The van der Waals surface area contributed by atoms with Crippen LogP contribution in [0.15, 0.2) is 48.7 Å². The third-order valence-corrected chi connectivity index (χ3v) is 3.28. The van der Waals surface area contributed by atoms with Gasteiger partial charge in [0.05, 0.1) is 5.52 Å². The lowest BCUT2D eigenvalue weighted by Gasteiger charge is -2.14. The van der Waals surface area contributed by atoms with Crippen LogP contribution in [0, 0.1) is 17.5 Å². The van der Waals surface area contributed by atoms with E-state index in [0.717, 1.165) is 17.5 Å². The molecule has 0 bridgehead atoms. The number of pyridine rings is 1. The van der Waals surface area contributed by atoms with Crippen molar-refractivity contribution in [1.82, 2.24) is 4.98 Å². The van der Waals surface area contributed by atoms with Gasteiger partial charge >= 0.3 is 0 Å².